The van der Waals surface area contributed by atoms with E-state index in [1.54, 1.807) is 0 Å². The van der Waals surface area contributed by atoms with E-state index in [1.165, 1.54) is 5.56 Å². The maximum atomic E-state index is 5.71. The lowest BCUT2D eigenvalue weighted by molar-refractivity contribution is 1.42. The number of nitrogens with two attached hydrogens (primary N) is 1. The molecule has 0 saturated heterocycles. The molecule has 2 rings (SSSR count). The van der Waals surface area contributed by atoms with Crippen molar-refractivity contribution in [2.24, 2.45) is 0 Å². The summed E-state index contributed by atoms with van der Waals surface area (Å²) in [6.45, 7) is 2.07. The van der Waals surface area contributed by atoms with Crippen molar-refractivity contribution in [3.05, 3.63) is 30.0 Å². The summed E-state index contributed by atoms with van der Waals surface area (Å²) in [6.07, 6.45) is 1.83. The van der Waals surface area contributed by atoms with Gasteiger partial charge in [0.2, 0.25) is 0 Å². The molecule has 0 aliphatic heterocycles. The van der Waals surface area contributed by atoms with Gasteiger partial charge in [0.15, 0.2) is 0 Å². The van der Waals surface area contributed by atoms with Crippen molar-refractivity contribution >= 4 is 16.6 Å². The number of H-pyrrole nitrogens is 1. The summed E-state index contributed by atoms with van der Waals surface area (Å²) in [5.74, 6) is 0. The summed E-state index contributed by atoms with van der Waals surface area (Å²) in [5.41, 5.74) is 8.92. The average molecular weight is 146 g/mol. The number of nitrogen functional groups attached to an aromatic ring is 1. The summed E-state index contributed by atoms with van der Waals surface area (Å²) >= 11 is 0. The monoisotopic (exact) mass is 146 g/mol. The number of hydrogen-bond acceptors (Lipinski definition) is 1. The first-order chi connectivity index (χ1) is 5.29. The molecule has 0 bridgehead atoms. The van der Waals surface area contributed by atoms with Crippen LogP contribution < -0.4 is 5.73 Å². The van der Waals surface area contributed by atoms with Gasteiger partial charge in [0.05, 0.1) is 11.2 Å². The standard InChI is InChI=1S/C9H10N2/c1-6-3-2-4-7-8(10)5-11-9(6)7/h2-5,11H,10H2,1H3. The number of fused-ring (bicyclic) bond motifs is 1. The van der Waals surface area contributed by atoms with E-state index in [4.69, 9.17) is 5.73 Å². The van der Waals surface area contributed by atoms with Gasteiger partial charge in [0.1, 0.15) is 0 Å². The highest BCUT2D eigenvalue weighted by molar-refractivity contribution is 5.92. The number of nitrogens with one attached hydrogen (secondary N) is 1. The number of aromatic amines is 1. The van der Waals surface area contributed by atoms with Crippen LogP contribution in [0.2, 0.25) is 0 Å². The fraction of sp³-hybridized carbons (Fsp3) is 0.111. The smallest absolute Gasteiger partial charge is 0.0571 e. The third kappa shape index (κ3) is 0.792. The largest absolute Gasteiger partial charge is 0.397 e. The summed E-state index contributed by atoms with van der Waals surface area (Å²) in [5, 5.41) is 1.12. The van der Waals surface area contributed by atoms with Crippen molar-refractivity contribution < 1.29 is 0 Å². The van der Waals surface area contributed by atoms with Gasteiger partial charge in [0, 0.05) is 11.6 Å². The maximum Gasteiger partial charge on any atom is 0.0571 e. The van der Waals surface area contributed by atoms with E-state index in [9.17, 15) is 0 Å². The number of rotatable bonds is 0. The van der Waals surface area contributed by atoms with Gasteiger partial charge in [-0.25, -0.2) is 0 Å². The number of anilines is 1. The molecular formula is C9H10N2. The normalized spacial score (nSPS) is 10.6. The van der Waals surface area contributed by atoms with Crippen LogP contribution in [0.5, 0.6) is 0 Å². The third-order valence-electron chi connectivity index (χ3n) is 1.96. The Bertz CT molecular complexity index is 387. The Kier molecular flexibility index (Phi) is 1.15. The molecular weight excluding hydrogens is 136 g/mol. The number of aromatic nitrogens is 1. The van der Waals surface area contributed by atoms with Crippen LogP contribution in [0.3, 0.4) is 0 Å². The summed E-state index contributed by atoms with van der Waals surface area (Å²) in [7, 11) is 0. The lowest BCUT2D eigenvalue weighted by Crippen LogP contribution is -1.80. The second-order valence-corrected chi connectivity index (χ2v) is 2.74. The van der Waals surface area contributed by atoms with E-state index in [-0.39, 0.29) is 0 Å². The second kappa shape index (κ2) is 2.02. The van der Waals surface area contributed by atoms with Crippen molar-refractivity contribution in [1.82, 2.24) is 4.98 Å². The fourth-order valence-corrected chi connectivity index (χ4v) is 1.33. The minimum absolute atomic E-state index is 0.823. The molecule has 11 heavy (non-hydrogen) atoms. The molecule has 0 amide bonds. The van der Waals surface area contributed by atoms with E-state index in [0.29, 0.717) is 0 Å². The Labute approximate surface area is 65.0 Å². The quantitative estimate of drug-likeness (QED) is 0.587. The van der Waals surface area contributed by atoms with Crippen LogP contribution in [0.1, 0.15) is 5.56 Å². The van der Waals surface area contributed by atoms with Crippen LogP contribution in [0.4, 0.5) is 5.69 Å². The lowest BCUT2D eigenvalue weighted by Gasteiger charge is -1.94. The Hall–Kier alpha value is -1.44. The molecule has 0 fully saturated rings. The van der Waals surface area contributed by atoms with Gasteiger partial charge in [-0.15, -0.1) is 0 Å². The van der Waals surface area contributed by atoms with Crippen LogP contribution in [-0.2, 0) is 0 Å². The Morgan fingerprint density at radius 2 is 2.18 bits per heavy atom. The van der Waals surface area contributed by atoms with E-state index < -0.39 is 0 Å². The summed E-state index contributed by atoms with van der Waals surface area (Å²) in [6, 6.07) is 6.11. The van der Waals surface area contributed by atoms with Gasteiger partial charge < -0.3 is 10.7 Å². The molecule has 0 unspecified atom stereocenters. The zero-order valence-corrected chi connectivity index (χ0v) is 6.39. The van der Waals surface area contributed by atoms with Crippen molar-refractivity contribution in [1.29, 1.82) is 0 Å². The molecule has 2 heteroatoms. The van der Waals surface area contributed by atoms with E-state index in [0.717, 1.165) is 16.6 Å². The summed E-state index contributed by atoms with van der Waals surface area (Å²) < 4.78 is 0. The molecule has 0 spiro atoms. The SMILES string of the molecule is Cc1cccc2c(N)c[nH]c12. The molecule has 3 N–H and O–H groups in total. The zero-order valence-electron chi connectivity index (χ0n) is 6.39. The van der Waals surface area contributed by atoms with E-state index >= 15 is 0 Å². The molecule has 1 aromatic carbocycles. The first kappa shape index (κ1) is 6.28. The Morgan fingerprint density at radius 1 is 1.36 bits per heavy atom. The summed E-state index contributed by atoms with van der Waals surface area (Å²) in [4.78, 5) is 3.13. The minimum Gasteiger partial charge on any atom is -0.397 e. The van der Waals surface area contributed by atoms with E-state index in [1.807, 2.05) is 18.3 Å². The molecule has 0 saturated carbocycles. The first-order valence-corrected chi connectivity index (χ1v) is 3.61. The Morgan fingerprint density at radius 3 is 2.91 bits per heavy atom. The number of benzene rings is 1. The molecule has 1 aromatic heterocycles. The third-order valence-corrected chi connectivity index (χ3v) is 1.96. The van der Waals surface area contributed by atoms with Gasteiger partial charge in [0.25, 0.3) is 0 Å². The first-order valence-electron chi connectivity index (χ1n) is 3.61. The molecule has 0 aliphatic carbocycles. The number of para-hydroxylation sites is 1. The highest BCUT2D eigenvalue weighted by Gasteiger charge is 1.99. The van der Waals surface area contributed by atoms with Gasteiger partial charge >= 0.3 is 0 Å². The van der Waals surface area contributed by atoms with Gasteiger partial charge in [-0.3, -0.25) is 0 Å². The molecule has 0 radical (unpaired) electrons. The van der Waals surface area contributed by atoms with E-state index in [2.05, 4.69) is 18.0 Å². The molecule has 0 atom stereocenters. The molecule has 2 aromatic rings. The topological polar surface area (TPSA) is 41.8 Å². The second-order valence-electron chi connectivity index (χ2n) is 2.74. The molecule has 1 heterocycles. The van der Waals surface area contributed by atoms with Crippen LogP contribution in [-0.4, -0.2) is 4.98 Å². The number of aryl methyl sites for hydroxylation is 1. The van der Waals surface area contributed by atoms with Crippen LogP contribution in [0.25, 0.3) is 10.9 Å². The lowest BCUT2D eigenvalue weighted by atomic mass is 10.1. The van der Waals surface area contributed by atoms with Crippen LogP contribution in [0, 0.1) is 6.92 Å². The zero-order chi connectivity index (χ0) is 7.84. The number of hydrogen-bond donors (Lipinski definition) is 2. The average Bonchev–Trinajstić information content (AvgIpc) is 2.35. The van der Waals surface area contributed by atoms with Crippen LogP contribution in [0.15, 0.2) is 24.4 Å². The molecule has 2 nitrogen and oxygen atoms in total. The predicted octanol–water partition coefficient (Wildman–Crippen LogP) is 2.06. The highest BCUT2D eigenvalue weighted by atomic mass is 14.7. The maximum absolute atomic E-state index is 5.71. The molecule has 0 aliphatic rings. The molecule has 56 valence electrons. The van der Waals surface area contributed by atoms with Gasteiger partial charge in [-0.1, -0.05) is 18.2 Å². The van der Waals surface area contributed by atoms with Crippen molar-refractivity contribution in [3.63, 3.8) is 0 Å². The van der Waals surface area contributed by atoms with Gasteiger partial charge in [-0.2, -0.15) is 0 Å². The van der Waals surface area contributed by atoms with Crippen molar-refractivity contribution in [2.75, 3.05) is 5.73 Å². The minimum atomic E-state index is 0.823. The predicted molar refractivity (Wildman–Crippen MR) is 47.4 cm³/mol. The fourth-order valence-electron chi connectivity index (χ4n) is 1.33. The van der Waals surface area contributed by atoms with Crippen molar-refractivity contribution in [2.45, 2.75) is 6.92 Å². The Balaban J connectivity index is 2.94. The van der Waals surface area contributed by atoms with Crippen molar-refractivity contribution in [3.8, 4) is 0 Å². The highest BCUT2D eigenvalue weighted by Crippen LogP contribution is 2.22. The van der Waals surface area contributed by atoms with Crippen LogP contribution >= 0.6 is 0 Å². The van der Waals surface area contributed by atoms with Gasteiger partial charge in [-0.05, 0) is 12.5 Å².